The van der Waals surface area contributed by atoms with Crippen LogP contribution in [0.3, 0.4) is 0 Å². The number of aromatic nitrogens is 2. The van der Waals surface area contributed by atoms with Gasteiger partial charge in [-0.2, -0.15) is 5.10 Å². The maximum Gasteiger partial charge on any atom is 0.267 e. The second kappa shape index (κ2) is 8.24. The Morgan fingerprint density at radius 2 is 1.89 bits per heavy atom. The number of carbonyl (C=O) groups is 1. The fourth-order valence-electron chi connectivity index (χ4n) is 3.21. The van der Waals surface area contributed by atoms with Gasteiger partial charge in [0.05, 0.1) is 19.9 Å². The summed E-state index contributed by atoms with van der Waals surface area (Å²) in [5.41, 5.74) is 0.939. The van der Waals surface area contributed by atoms with Crippen molar-refractivity contribution in [3.8, 4) is 22.8 Å². The lowest BCUT2D eigenvalue weighted by Crippen LogP contribution is -2.41. The summed E-state index contributed by atoms with van der Waals surface area (Å²) in [6.45, 7) is 3.60. The molecule has 0 atom stereocenters. The summed E-state index contributed by atoms with van der Waals surface area (Å²) < 4.78 is 11.9. The van der Waals surface area contributed by atoms with E-state index in [1.165, 1.54) is 10.7 Å². The molecule has 144 valence electrons. The van der Waals surface area contributed by atoms with Crippen molar-refractivity contribution < 1.29 is 14.3 Å². The lowest BCUT2D eigenvalue weighted by Gasteiger charge is -2.30. The predicted molar refractivity (Wildman–Crippen MR) is 102 cm³/mol. The van der Waals surface area contributed by atoms with Gasteiger partial charge in [-0.15, -0.1) is 0 Å². The first-order valence-electron chi connectivity index (χ1n) is 9.10. The quantitative estimate of drug-likeness (QED) is 0.805. The van der Waals surface area contributed by atoms with Gasteiger partial charge in [0.25, 0.3) is 5.56 Å². The Morgan fingerprint density at radius 3 is 2.56 bits per heavy atom. The average molecular weight is 371 g/mol. The van der Waals surface area contributed by atoms with Gasteiger partial charge in [0.1, 0.15) is 18.0 Å². The van der Waals surface area contributed by atoms with E-state index in [-0.39, 0.29) is 18.0 Å². The Kier molecular flexibility index (Phi) is 5.78. The van der Waals surface area contributed by atoms with Crippen molar-refractivity contribution in [3.05, 3.63) is 40.7 Å². The lowest BCUT2D eigenvalue weighted by atomic mass is 9.99. The normalized spacial score (nSPS) is 14.9. The van der Waals surface area contributed by atoms with E-state index in [9.17, 15) is 9.59 Å². The van der Waals surface area contributed by atoms with Crippen molar-refractivity contribution in [3.63, 3.8) is 0 Å². The summed E-state index contributed by atoms with van der Waals surface area (Å²) in [7, 11) is 3.15. The number of nitrogens with zero attached hydrogens (tertiary/aromatic N) is 3. The first kappa shape index (κ1) is 18.9. The number of hydrogen-bond acceptors (Lipinski definition) is 5. The van der Waals surface area contributed by atoms with E-state index in [1.807, 2.05) is 4.90 Å². The van der Waals surface area contributed by atoms with Gasteiger partial charge >= 0.3 is 0 Å². The Bertz CT molecular complexity index is 870. The van der Waals surface area contributed by atoms with Crippen LogP contribution in [0.4, 0.5) is 0 Å². The molecule has 0 bridgehead atoms. The van der Waals surface area contributed by atoms with Gasteiger partial charge in [-0.3, -0.25) is 9.59 Å². The van der Waals surface area contributed by atoms with Gasteiger partial charge in [-0.1, -0.05) is 6.92 Å². The number of rotatable bonds is 5. The van der Waals surface area contributed by atoms with Gasteiger partial charge < -0.3 is 14.4 Å². The molecule has 1 aliphatic rings. The summed E-state index contributed by atoms with van der Waals surface area (Å²) >= 11 is 0. The highest BCUT2D eigenvalue weighted by atomic mass is 16.5. The number of likely N-dealkylation sites (tertiary alicyclic amines) is 1. The summed E-state index contributed by atoms with van der Waals surface area (Å²) in [6, 6.07) is 8.42. The Balaban J connectivity index is 1.87. The Morgan fingerprint density at radius 1 is 1.15 bits per heavy atom. The van der Waals surface area contributed by atoms with Gasteiger partial charge in [0.2, 0.25) is 5.91 Å². The fourth-order valence-corrected chi connectivity index (χ4v) is 3.21. The minimum atomic E-state index is -0.306. The predicted octanol–water partition coefficient (Wildman–Crippen LogP) is 2.19. The van der Waals surface area contributed by atoms with Crippen LogP contribution in [-0.4, -0.2) is 47.9 Å². The summed E-state index contributed by atoms with van der Waals surface area (Å²) in [6.07, 6.45) is 1.99. The van der Waals surface area contributed by atoms with Crippen LogP contribution in [0.5, 0.6) is 11.5 Å². The highest BCUT2D eigenvalue weighted by Gasteiger charge is 2.21. The van der Waals surface area contributed by atoms with Crippen molar-refractivity contribution in [1.82, 2.24) is 14.7 Å². The molecule has 1 aromatic heterocycles. The molecule has 0 saturated carbocycles. The number of benzene rings is 1. The van der Waals surface area contributed by atoms with Gasteiger partial charge in [-0.05, 0) is 43.0 Å². The SMILES string of the molecule is COc1ccc(OC)c(-c2ccc(=O)n(CC(=O)N3CCC(C)CC3)n2)c1. The third kappa shape index (κ3) is 4.30. The van der Waals surface area contributed by atoms with Crippen molar-refractivity contribution in [2.75, 3.05) is 27.3 Å². The van der Waals surface area contributed by atoms with Crippen LogP contribution >= 0.6 is 0 Å². The minimum Gasteiger partial charge on any atom is -0.497 e. The standard InChI is InChI=1S/C20H25N3O4/c1-14-8-10-22(11-9-14)20(25)13-23-19(24)7-5-17(21-23)16-12-15(26-2)4-6-18(16)27-3/h4-7,12,14H,8-11,13H2,1-3H3. The highest BCUT2D eigenvalue weighted by Crippen LogP contribution is 2.31. The van der Waals surface area contributed by atoms with E-state index in [4.69, 9.17) is 9.47 Å². The Hall–Kier alpha value is -2.83. The van der Waals surface area contributed by atoms with Crippen molar-refractivity contribution in [2.45, 2.75) is 26.3 Å². The number of amides is 1. The van der Waals surface area contributed by atoms with E-state index >= 15 is 0 Å². The van der Waals surface area contributed by atoms with Crippen LogP contribution < -0.4 is 15.0 Å². The van der Waals surface area contributed by atoms with Crippen molar-refractivity contribution >= 4 is 5.91 Å². The van der Waals surface area contributed by atoms with Crippen LogP contribution in [0.15, 0.2) is 35.1 Å². The summed E-state index contributed by atoms with van der Waals surface area (Å²) in [5, 5.41) is 4.40. The van der Waals surface area contributed by atoms with E-state index < -0.39 is 0 Å². The maximum absolute atomic E-state index is 12.6. The first-order valence-corrected chi connectivity index (χ1v) is 9.10. The number of hydrogen-bond donors (Lipinski definition) is 0. The van der Waals surface area contributed by atoms with Gasteiger partial charge in [0.15, 0.2) is 0 Å². The van der Waals surface area contributed by atoms with E-state index in [0.717, 1.165) is 25.9 Å². The average Bonchev–Trinajstić information content (AvgIpc) is 2.69. The molecule has 1 amide bonds. The first-order chi connectivity index (χ1) is 13.0. The van der Waals surface area contributed by atoms with Gasteiger partial charge in [0, 0.05) is 24.7 Å². The molecule has 1 fully saturated rings. The zero-order chi connectivity index (χ0) is 19.4. The highest BCUT2D eigenvalue weighted by molar-refractivity contribution is 5.76. The molecular weight excluding hydrogens is 346 g/mol. The monoisotopic (exact) mass is 371 g/mol. The zero-order valence-electron chi connectivity index (χ0n) is 16.0. The molecule has 2 heterocycles. The van der Waals surface area contributed by atoms with Crippen LogP contribution in [0.2, 0.25) is 0 Å². The Labute approximate surface area is 158 Å². The molecule has 1 saturated heterocycles. The third-order valence-electron chi connectivity index (χ3n) is 4.97. The number of methoxy groups -OCH3 is 2. The second-order valence-corrected chi connectivity index (χ2v) is 6.84. The smallest absolute Gasteiger partial charge is 0.267 e. The molecule has 7 heteroatoms. The van der Waals surface area contributed by atoms with E-state index in [1.54, 1.807) is 38.5 Å². The van der Waals surface area contributed by atoms with E-state index in [0.29, 0.717) is 28.7 Å². The van der Waals surface area contributed by atoms with Crippen molar-refractivity contribution in [1.29, 1.82) is 0 Å². The van der Waals surface area contributed by atoms with Gasteiger partial charge in [-0.25, -0.2) is 4.68 Å². The molecule has 1 aliphatic heterocycles. The van der Waals surface area contributed by atoms with Crippen LogP contribution in [0.1, 0.15) is 19.8 Å². The molecule has 27 heavy (non-hydrogen) atoms. The molecule has 1 aromatic carbocycles. The third-order valence-corrected chi connectivity index (χ3v) is 4.97. The molecular formula is C20H25N3O4. The molecule has 7 nitrogen and oxygen atoms in total. The molecule has 0 spiro atoms. The van der Waals surface area contributed by atoms with Crippen molar-refractivity contribution in [2.24, 2.45) is 5.92 Å². The molecule has 2 aromatic rings. The topological polar surface area (TPSA) is 73.7 Å². The van der Waals surface area contributed by atoms with Crippen LogP contribution in [-0.2, 0) is 11.3 Å². The zero-order valence-corrected chi connectivity index (χ0v) is 16.0. The minimum absolute atomic E-state index is 0.0622. The van der Waals surface area contributed by atoms with Crippen LogP contribution in [0.25, 0.3) is 11.3 Å². The number of carbonyl (C=O) groups excluding carboxylic acids is 1. The fraction of sp³-hybridized carbons (Fsp3) is 0.450. The van der Waals surface area contributed by atoms with Crippen LogP contribution in [0, 0.1) is 5.92 Å². The number of piperidine rings is 1. The van der Waals surface area contributed by atoms with E-state index in [2.05, 4.69) is 12.0 Å². The lowest BCUT2D eigenvalue weighted by molar-refractivity contribution is -0.133. The molecule has 0 radical (unpaired) electrons. The molecule has 0 N–H and O–H groups in total. The largest absolute Gasteiger partial charge is 0.497 e. The number of ether oxygens (including phenoxy) is 2. The molecule has 0 unspecified atom stereocenters. The summed E-state index contributed by atoms with van der Waals surface area (Å²) in [5.74, 6) is 1.83. The molecule has 0 aliphatic carbocycles. The maximum atomic E-state index is 12.6. The summed E-state index contributed by atoms with van der Waals surface area (Å²) in [4.78, 5) is 26.6. The molecule has 3 rings (SSSR count). The second-order valence-electron chi connectivity index (χ2n) is 6.84.